The molecule has 1 aliphatic carbocycles. The van der Waals surface area contributed by atoms with Crippen LogP contribution < -0.4 is 0 Å². The molecule has 1 aromatic heterocycles. The molecule has 9 heteroatoms. The minimum absolute atomic E-state index is 0.0686. The predicted octanol–water partition coefficient (Wildman–Crippen LogP) is 2.50. The Morgan fingerprint density at radius 1 is 1.13 bits per heavy atom. The van der Waals surface area contributed by atoms with E-state index in [2.05, 4.69) is 22.9 Å². The van der Waals surface area contributed by atoms with Crippen LogP contribution in [0.3, 0.4) is 0 Å². The van der Waals surface area contributed by atoms with E-state index in [0.717, 1.165) is 55.5 Å². The van der Waals surface area contributed by atoms with Gasteiger partial charge < -0.3 is 28.9 Å². The zero-order chi connectivity index (χ0) is 26.3. The molecule has 0 spiro atoms. The molecule has 1 aromatic rings. The number of aryl methyl sites for hydroxylation is 1. The number of fused-ring (bicyclic) bond motifs is 2. The molecule has 0 radical (unpaired) electrons. The normalized spacial score (nSPS) is 33.3. The highest BCUT2D eigenvalue weighted by Gasteiger charge is 2.60. The van der Waals surface area contributed by atoms with E-state index in [-0.39, 0.29) is 24.0 Å². The van der Waals surface area contributed by atoms with E-state index in [1.54, 1.807) is 7.11 Å². The second-order valence-electron chi connectivity index (χ2n) is 12.2. The van der Waals surface area contributed by atoms with Gasteiger partial charge in [0.1, 0.15) is 0 Å². The fraction of sp³-hybridized carbons (Fsp3) is 0.759. The molecule has 0 bridgehead atoms. The van der Waals surface area contributed by atoms with Crippen molar-refractivity contribution in [2.75, 3.05) is 66.3 Å². The van der Waals surface area contributed by atoms with Gasteiger partial charge >= 0.3 is 6.03 Å². The number of hydrogen-bond acceptors (Lipinski definition) is 6. The second-order valence-corrected chi connectivity index (χ2v) is 12.2. The lowest BCUT2D eigenvalue weighted by Crippen LogP contribution is -2.51. The first-order chi connectivity index (χ1) is 18.5. The first-order valence-corrected chi connectivity index (χ1v) is 14.4. The van der Waals surface area contributed by atoms with E-state index in [0.29, 0.717) is 70.9 Å². The van der Waals surface area contributed by atoms with Crippen LogP contribution in [0.15, 0.2) is 12.3 Å². The van der Waals surface area contributed by atoms with Gasteiger partial charge in [-0.1, -0.05) is 6.07 Å². The van der Waals surface area contributed by atoms with E-state index in [1.807, 2.05) is 16.0 Å². The summed E-state index contributed by atoms with van der Waals surface area (Å²) in [5, 5.41) is 0. The molecular formula is C29H42N4O5. The van der Waals surface area contributed by atoms with Crippen LogP contribution in [0.2, 0.25) is 0 Å². The number of methoxy groups -OCH3 is 1. The molecule has 208 valence electrons. The third-order valence-electron chi connectivity index (χ3n) is 9.79. The Morgan fingerprint density at radius 2 is 1.97 bits per heavy atom. The van der Waals surface area contributed by atoms with Crippen molar-refractivity contribution in [1.29, 1.82) is 0 Å². The van der Waals surface area contributed by atoms with Gasteiger partial charge in [-0.25, -0.2) is 4.79 Å². The Hall–Kier alpha value is -2.23. The smallest absolute Gasteiger partial charge is 0.320 e. The predicted molar refractivity (Wildman–Crippen MR) is 140 cm³/mol. The van der Waals surface area contributed by atoms with Crippen LogP contribution in [0.1, 0.15) is 42.5 Å². The number of carbonyl (C=O) groups excluding carboxylic acids is 2. The molecule has 38 heavy (non-hydrogen) atoms. The maximum Gasteiger partial charge on any atom is 0.320 e. The number of pyridine rings is 1. The second kappa shape index (κ2) is 10.7. The number of nitrogens with zero attached hydrogens (tertiary/aromatic N) is 4. The van der Waals surface area contributed by atoms with Crippen molar-refractivity contribution in [1.82, 2.24) is 19.7 Å². The summed E-state index contributed by atoms with van der Waals surface area (Å²) in [4.78, 5) is 38.5. The lowest BCUT2D eigenvalue weighted by Gasteiger charge is -2.38. The zero-order valence-corrected chi connectivity index (χ0v) is 22.9. The van der Waals surface area contributed by atoms with Crippen molar-refractivity contribution in [3.8, 4) is 0 Å². The number of ether oxygens (including phenoxy) is 3. The van der Waals surface area contributed by atoms with Crippen LogP contribution in [0, 0.1) is 30.1 Å². The average molecular weight is 527 g/mol. The first kappa shape index (κ1) is 26.0. The van der Waals surface area contributed by atoms with Crippen LogP contribution in [0.25, 0.3) is 0 Å². The fourth-order valence-electron chi connectivity index (χ4n) is 7.86. The highest BCUT2D eigenvalue weighted by atomic mass is 16.5. The largest absolute Gasteiger partial charge is 0.379 e. The van der Waals surface area contributed by atoms with Gasteiger partial charge in [-0.3, -0.25) is 9.78 Å². The standard InChI is InChI=1S/C29H42N4O5/c1-20-11-23-16-32(5-3-25(23)30-15-20)27(34)29-14-21(12-22-4-8-38-18-26(22)36-2)13-24(29)17-33(19-29)28(35)31-6-9-37-10-7-31/h11,15,21-22,24,26H,3-10,12-14,16-19H2,1-2H3/t21-,22?,24+,26?,29+/m1/s1. The summed E-state index contributed by atoms with van der Waals surface area (Å²) in [6.07, 6.45) is 6.77. The van der Waals surface area contributed by atoms with Gasteiger partial charge in [0, 0.05) is 71.3 Å². The molecule has 3 amide bonds. The topological polar surface area (TPSA) is 84.4 Å². The quantitative estimate of drug-likeness (QED) is 0.600. The van der Waals surface area contributed by atoms with Crippen molar-refractivity contribution in [2.24, 2.45) is 23.2 Å². The van der Waals surface area contributed by atoms with E-state index < -0.39 is 5.41 Å². The van der Waals surface area contributed by atoms with E-state index in [9.17, 15) is 9.59 Å². The Bertz CT molecular complexity index is 1050. The molecule has 0 N–H and O–H groups in total. The molecule has 4 aliphatic heterocycles. The summed E-state index contributed by atoms with van der Waals surface area (Å²) in [7, 11) is 1.78. The van der Waals surface area contributed by atoms with Crippen LogP contribution >= 0.6 is 0 Å². The lowest BCUT2D eigenvalue weighted by atomic mass is 9.78. The van der Waals surface area contributed by atoms with E-state index in [1.165, 1.54) is 0 Å². The third kappa shape index (κ3) is 4.82. The number of hydrogen-bond donors (Lipinski definition) is 0. The zero-order valence-electron chi connectivity index (χ0n) is 22.9. The van der Waals surface area contributed by atoms with E-state index >= 15 is 0 Å². The Kier molecular flexibility index (Phi) is 7.35. The summed E-state index contributed by atoms with van der Waals surface area (Å²) in [6, 6.07) is 2.24. The summed E-state index contributed by atoms with van der Waals surface area (Å²) >= 11 is 0. The molecule has 5 aliphatic rings. The average Bonchev–Trinajstić information content (AvgIpc) is 3.47. The number of rotatable bonds is 4. The Labute approximate surface area is 225 Å². The SMILES string of the molecule is COC1COCCC1C[C@@H]1C[C@H]2CN(C(=O)N3CCOCC3)C[C@@]2(C(=O)N2CCc3ncc(C)cc3C2)C1. The summed E-state index contributed by atoms with van der Waals surface area (Å²) in [5.41, 5.74) is 2.90. The van der Waals surface area contributed by atoms with E-state index in [4.69, 9.17) is 14.2 Å². The fourth-order valence-corrected chi connectivity index (χ4v) is 7.86. The number of urea groups is 1. The monoisotopic (exact) mass is 526 g/mol. The Morgan fingerprint density at radius 3 is 2.79 bits per heavy atom. The molecule has 9 nitrogen and oxygen atoms in total. The van der Waals surface area contributed by atoms with Gasteiger partial charge in [0.15, 0.2) is 0 Å². The first-order valence-electron chi connectivity index (χ1n) is 14.4. The third-order valence-corrected chi connectivity index (χ3v) is 9.79. The number of morpholine rings is 1. The van der Waals surface area contributed by atoms with Crippen LogP contribution in [-0.4, -0.2) is 104 Å². The van der Waals surface area contributed by atoms with Crippen molar-refractivity contribution in [3.05, 3.63) is 29.1 Å². The molecule has 5 heterocycles. The van der Waals surface area contributed by atoms with Gasteiger partial charge in [-0.05, 0) is 61.5 Å². The number of carbonyl (C=O) groups is 2. The van der Waals surface area contributed by atoms with Gasteiger partial charge in [0.05, 0.1) is 31.3 Å². The van der Waals surface area contributed by atoms with Crippen molar-refractivity contribution < 1.29 is 23.8 Å². The molecule has 4 fully saturated rings. The van der Waals surface area contributed by atoms with Gasteiger partial charge in [0.2, 0.25) is 5.91 Å². The van der Waals surface area contributed by atoms with Crippen molar-refractivity contribution in [3.63, 3.8) is 0 Å². The number of aromatic nitrogens is 1. The van der Waals surface area contributed by atoms with Crippen LogP contribution in [0.4, 0.5) is 4.79 Å². The highest BCUT2D eigenvalue weighted by molar-refractivity contribution is 5.86. The molecule has 6 rings (SSSR count). The molecule has 0 aromatic carbocycles. The molecule has 1 saturated carbocycles. The number of likely N-dealkylation sites (tertiary alicyclic amines) is 1. The Balaban J connectivity index is 1.22. The lowest BCUT2D eigenvalue weighted by molar-refractivity contribution is -0.144. The maximum absolute atomic E-state index is 14.5. The van der Waals surface area contributed by atoms with Crippen LogP contribution in [-0.2, 0) is 32.0 Å². The molecule has 3 saturated heterocycles. The molecule has 2 unspecified atom stereocenters. The van der Waals surface area contributed by atoms with Crippen molar-refractivity contribution >= 4 is 11.9 Å². The van der Waals surface area contributed by atoms with Gasteiger partial charge in [0.25, 0.3) is 0 Å². The summed E-state index contributed by atoms with van der Waals surface area (Å²) < 4.78 is 16.9. The highest BCUT2D eigenvalue weighted by Crippen LogP contribution is 2.54. The minimum Gasteiger partial charge on any atom is -0.379 e. The molecular weight excluding hydrogens is 484 g/mol. The number of amides is 3. The maximum atomic E-state index is 14.5. The summed E-state index contributed by atoms with van der Waals surface area (Å²) in [6.45, 7) is 8.43. The van der Waals surface area contributed by atoms with Crippen LogP contribution in [0.5, 0.6) is 0 Å². The van der Waals surface area contributed by atoms with Gasteiger partial charge in [-0.2, -0.15) is 0 Å². The van der Waals surface area contributed by atoms with Crippen molar-refractivity contribution in [2.45, 2.75) is 51.7 Å². The summed E-state index contributed by atoms with van der Waals surface area (Å²) in [5.74, 6) is 1.37. The van der Waals surface area contributed by atoms with Gasteiger partial charge in [-0.15, -0.1) is 0 Å². The molecule has 5 atom stereocenters. The minimum atomic E-state index is -0.505.